The van der Waals surface area contributed by atoms with E-state index in [0.29, 0.717) is 26.0 Å². The lowest BCUT2D eigenvalue weighted by Crippen LogP contribution is -2.28. The number of aryl methyl sites for hydroxylation is 3. The molecule has 0 saturated heterocycles. The van der Waals surface area contributed by atoms with Gasteiger partial charge in [-0.3, -0.25) is 4.79 Å². The van der Waals surface area contributed by atoms with Crippen molar-refractivity contribution in [3.05, 3.63) is 95.3 Å². The van der Waals surface area contributed by atoms with E-state index in [1.807, 2.05) is 67.6 Å². The third-order valence-electron chi connectivity index (χ3n) is 5.89. The summed E-state index contributed by atoms with van der Waals surface area (Å²) in [7, 11) is 0. The lowest BCUT2D eigenvalue weighted by molar-refractivity contribution is -0.120. The molecule has 5 heteroatoms. The summed E-state index contributed by atoms with van der Waals surface area (Å²) in [5.74, 6) is 1.96. The van der Waals surface area contributed by atoms with E-state index in [4.69, 9.17) is 9.72 Å². The average molecular weight is 442 g/mol. The van der Waals surface area contributed by atoms with Crippen LogP contribution >= 0.6 is 0 Å². The molecule has 0 radical (unpaired) electrons. The molecule has 1 N–H and O–H groups in total. The quantitative estimate of drug-likeness (QED) is 0.352. The number of rotatable bonds is 10. The number of para-hydroxylation sites is 3. The minimum absolute atomic E-state index is 0.0404. The summed E-state index contributed by atoms with van der Waals surface area (Å²) < 4.78 is 8.23. The summed E-state index contributed by atoms with van der Waals surface area (Å²) in [5.41, 5.74) is 5.46. The van der Waals surface area contributed by atoms with Gasteiger partial charge in [0.1, 0.15) is 11.6 Å². The molecule has 1 amide bonds. The van der Waals surface area contributed by atoms with Crippen LogP contribution in [0.25, 0.3) is 11.0 Å². The fourth-order valence-corrected chi connectivity index (χ4v) is 4.05. The molecule has 4 rings (SSSR count). The molecule has 33 heavy (non-hydrogen) atoms. The van der Waals surface area contributed by atoms with E-state index in [-0.39, 0.29) is 5.91 Å². The Balaban J connectivity index is 1.35. The van der Waals surface area contributed by atoms with Gasteiger partial charge in [0.25, 0.3) is 0 Å². The van der Waals surface area contributed by atoms with Crippen LogP contribution < -0.4 is 10.1 Å². The lowest BCUT2D eigenvalue weighted by Gasteiger charge is -2.12. The first kappa shape index (κ1) is 22.6. The monoisotopic (exact) mass is 441 g/mol. The molecular weight excluding hydrogens is 410 g/mol. The Morgan fingerprint density at radius 2 is 1.67 bits per heavy atom. The van der Waals surface area contributed by atoms with E-state index in [2.05, 4.69) is 28.9 Å². The molecule has 0 unspecified atom stereocenters. The van der Waals surface area contributed by atoms with Gasteiger partial charge in [0.15, 0.2) is 0 Å². The van der Waals surface area contributed by atoms with Crippen molar-refractivity contribution in [1.82, 2.24) is 14.9 Å². The predicted octanol–water partition coefficient (Wildman–Crippen LogP) is 5.02. The Labute approximate surface area is 195 Å². The van der Waals surface area contributed by atoms with E-state index in [0.717, 1.165) is 52.3 Å². The molecule has 170 valence electrons. The molecule has 0 aliphatic carbocycles. The maximum Gasteiger partial charge on any atom is 0.224 e. The highest BCUT2D eigenvalue weighted by Crippen LogP contribution is 2.19. The van der Waals surface area contributed by atoms with Crippen LogP contribution in [0.3, 0.4) is 0 Å². The topological polar surface area (TPSA) is 56.2 Å². The summed E-state index contributed by atoms with van der Waals surface area (Å²) in [4.78, 5) is 17.3. The number of carbonyl (C=O) groups is 1. The van der Waals surface area contributed by atoms with Crippen LogP contribution in [0.2, 0.25) is 0 Å². The van der Waals surface area contributed by atoms with Gasteiger partial charge < -0.3 is 14.6 Å². The van der Waals surface area contributed by atoms with E-state index >= 15 is 0 Å². The van der Waals surface area contributed by atoms with Gasteiger partial charge in [0, 0.05) is 19.5 Å². The average Bonchev–Trinajstić information content (AvgIpc) is 3.16. The number of nitrogens with zero attached hydrogens (tertiary/aromatic N) is 2. The van der Waals surface area contributed by atoms with Gasteiger partial charge >= 0.3 is 0 Å². The van der Waals surface area contributed by atoms with E-state index < -0.39 is 0 Å². The maximum atomic E-state index is 12.4. The molecule has 0 spiro atoms. The Hall–Kier alpha value is -3.60. The predicted molar refractivity (Wildman–Crippen MR) is 133 cm³/mol. The van der Waals surface area contributed by atoms with Crippen molar-refractivity contribution >= 4 is 16.9 Å². The van der Waals surface area contributed by atoms with Crippen molar-refractivity contribution in [1.29, 1.82) is 0 Å². The normalized spacial score (nSPS) is 11.0. The van der Waals surface area contributed by atoms with Crippen LogP contribution in [0.5, 0.6) is 5.75 Å². The van der Waals surface area contributed by atoms with Crippen LogP contribution in [-0.2, 0) is 24.2 Å². The first-order chi connectivity index (χ1) is 16.1. The maximum absolute atomic E-state index is 12.4. The molecule has 1 aromatic heterocycles. The number of hydrogen-bond acceptors (Lipinski definition) is 3. The Kier molecular flexibility index (Phi) is 7.40. The first-order valence-corrected chi connectivity index (χ1v) is 11.6. The minimum atomic E-state index is 0.0404. The van der Waals surface area contributed by atoms with Crippen molar-refractivity contribution in [2.24, 2.45) is 0 Å². The van der Waals surface area contributed by atoms with Gasteiger partial charge in [-0.25, -0.2) is 4.98 Å². The Morgan fingerprint density at radius 1 is 0.939 bits per heavy atom. The second kappa shape index (κ2) is 10.8. The Bertz CT molecular complexity index is 1230. The van der Waals surface area contributed by atoms with E-state index in [1.165, 1.54) is 0 Å². The molecule has 3 aromatic carbocycles. The molecule has 0 bridgehead atoms. The second-order valence-corrected chi connectivity index (χ2v) is 8.34. The molecule has 0 aliphatic heterocycles. The summed E-state index contributed by atoms with van der Waals surface area (Å²) in [6.45, 7) is 6.12. The molecule has 0 saturated carbocycles. The van der Waals surface area contributed by atoms with Crippen LogP contribution in [0.4, 0.5) is 0 Å². The number of benzene rings is 3. The number of imidazole rings is 1. The molecule has 0 aliphatic rings. The van der Waals surface area contributed by atoms with Crippen molar-refractivity contribution in [2.75, 3.05) is 13.2 Å². The highest BCUT2D eigenvalue weighted by molar-refractivity contribution is 5.79. The first-order valence-electron chi connectivity index (χ1n) is 11.6. The number of amides is 1. The third kappa shape index (κ3) is 5.80. The fraction of sp³-hybridized carbons (Fsp3) is 0.286. The highest BCUT2D eigenvalue weighted by Gasteiger charge is 2.11. The van der Waals surface area contributed by atoms with Crippen molar-refractivity contribution < 1.29 is 9.53 Å². The van der Waals surface area contributed by atoms with Crippen molar-refractivity contribution in [3.63, 3.8) is 0 Å². The standard InChI is InChI=1S/C28H31N3O2/c1-21-10-3-5-12-23(21)20-28(32)29-17-16-27-30-24-13-6-7-14-25(24)31(27)18-9-19-33-26-15-8-4-11-22(26)2/h3-8,10-15H,9,16-20H2,1-2H3,(H,29,32). The van der Waals surface area contributed by atoms with Gasteiger partial charge in [0.05, 0.1) is 24.1 Å². The molecule has 0 fully saturated rings. The fourth-order valence-electron chi connectivity index (χ4n) is 4.05. The van der Waals surface area contributed by atoms with Crippen LogP contribution in [0, 0.1) is 13.8 Å². The van der Waals surface area contributed by atoms with Gasteiger partial charge in [-0.1, -0.05) is 54.6 Å². The Morgan fingerprint density at radius 3 is 2.48 bits per heavy atom. The van der Waals surface area contributed by atoms with Gasteiger partial charge in [-0.15, -0.1) is 0 Å². The third-order valence-corrected chi connectivity index (χ3v) is 5.89. The van der Waals surface area contributed by atoms with Crippen LogP contribution in [0.15, 0.2) is 72.8 Å². The number of ether oxygens (including phenoxy) is 1. The molecule has 0 atom stereocenters. The molecular formula is C28H31N3O2. The number of hydrogen-bond donors (Lipinski definition) is 1. The summed E-state index contributed by atoms with van der Waals surface area (Å²) >= 11 is 0. The van der Waals surface area contributed by atoms with Crippen LogP contribution in [0.1, 0.15) is 28.9 Å². The van der Waals surface area contributed by atoms with Crippen molar-refractivity contribution in [3.8, 4) is 5.75 Å². The smallest absolute Gasteiger partial charge is 0.224 e. The lowest BCUT2D eigenvalue weighted by atomic mass is 10.1. The SMILES string of the molecule is Cc1ccccc1CC(=O)NCCc1nc2ccccc2n1CCCOc1ccccc1C. The number of nitrogens with one attached hydrogen (secondary N) is 1. The number of aromatic nitrogens is 2. The zero-order valence-electron chi connectivity index (χ0n) is 19.4. The zero-order valence-corrected chi connectivity index (χ0v) is 19.4. The van der Waals surface area contributed by atoms with Gasteiger partial charge in [-0.05, 0) is 55.2 Å². The highest BCUT2D eigenvalue weighted by atomic mass is 16.5. The van der Waals surface area contributed by atoms with E-state index in [9.17, 15) is 4.79 Å². The van der Waals surface area contributed by atoms with Gasteiger partial charge in [0.2, 0.25) is 5.91 Å². The largest absolute Gasteiger partial charge is 0.493 e. The van der Waals surface area contributed by atoms with E-state index in [1.54, 1.807) is 0 Å². The molecule has 5 nitrogen and oxygen atoms in total. The van der Waals surface area contributed by atoms with Crippen LogP contribution in [-0.4, -0.2) is 28.6 Å². The minimum Gasteiger partial charge on any atom is -0.493 e. The molecule has 1 heterocycles. The second-order valence-electron chi connectivity index (χ2n) is 8.34. The number of fused-ring (bicyclic) bond motifs is 1. The zero-order chi connectivity index (χ0) is 23.0. The summed E-state index contributed by atoms with van der Waals surface area (Å²) in [5, 5.41) is 3.06. The molecule has 4 aromatic rings. The van der Waals surface area contributed by atoms with Crippen molar-refractivity contribution in [2.45, 2.75) is 39.7 Å². The summed E-state index contributed by atoms with van der Waals surface area (Å²) in [6.07, 6.45) is 1.97. The number of carbonyl (C=O) groups excluding carboxylic acids is 1. The van der Waals surface area contributed by atoms with Gasteiger partial charge in [-0.2, -0.15) is 0 Å². The summed E-state index contributed by atoms with van der Waals surface area (Å²) in [6, 6.07) is 24.3.